The number of nitrogens with one attached hydrogen (secondary N) is 1. The Bertz CT molecular complexity index is 977. The van der Waals surface area contributed by atoms with Crippen LogP contribution in [-0.2, 0) is 6.42 Å². The molecule has 2 aliphatic heterocycles. The molecule has 1 saturated heterocycles. The minimum Gasteiger partial charge on any atom is -0.374 e. The van der Waals surface area contributed by atoms with Crippen molar-refractivity contribution in [2.45, 2.75) is 45.7 Å². The second-order valence-electron chi connectivity index (χ2n) is 8.65. The fourth-order valence-corrected chi connectivity index (χ4v) is 4.30. The molecule has 3 unspecified atom stereocenters. The molecule has 158 valence electrons. The van der Waals surface area contributed by atoms with Crippen molar-refractivity contribution in [3.8, 4) is 0 Å². The lowest BCUT2D eigenvalue weighted by Gasteiger charge is -2.32. The molecule has 1 aromatic carbocycles. The number of halogens is 1. The summed E-state index contributed by atoms with van der Waals surface area (Å²) in [7, 11) is 0. The highest BCUT2D eigenvalue weighted by Crippen LogP contribution is 2.40. The fraction of sp³-hybridized carbons (Fsp3) is 0.400. The van der Waals surface area contributed by atoms with Gasteiger partial charge in [0.15, 0.2) is 0 Å². The van der Waals surface area contributed by atoms with Crippen LogP contribution in [0.3, 0.4) is 0 Å². The zero-order valence-corrected chi connectivity index (χ0v) is 18.1. The average molecular weight is 407 g/mol. The zero-order valence-electron chi connectivity index (χ0n) is 18.1. The first-order valence-electron chi connectivity index (χ1n) is 10.8. The van der Waals surface area contributed by atoms with Crippen molar-refractivity contribution in [3.05, 3.63) is 71.3 Å². The lowest BCUT2D eigenvalue weighted by molar-refractivity contribution is 0.467. The lowest BCUT2D eigenvalue weighted by Crippen LogP contribution is -2.25. The highest BCUT2D eigenvalue weighted by atomic mass is 19.1. The Morgan fingerprint density at radius 1 is 1.40 bits per heavy atom. The molecule has 5 heteroatoms. The fourth-order valence-electron chi connectivity index (χ4n) is 4.30. The summed E-state index contributed by atoms with van der Waals surface area (Å²) in [4.78, 5) is 6.98. The van der Waals surface area contributed by atoms with Gasteiger partial charge in [-0.25, -0.2) is 4.39 Å². The number of aromatic nitrogens is 1. The standard InChI is InChI=1S/C25H31FN4/c1-5-18-10-24-20(11-21(18)26)25(30-9-8-15(2)14-30)12-23(29-24)19-6-7-22(28-13-19)16(3)17(4)27/h6-7,10-13,15,17,23,29H,3,5,8-9,14,27H2,1-2,4H3. The van der Waals surface area contributed by atoms with Crippen molar-refractivity contribution in [1.29, 1.82) is 0 Å². The van der Waals surface area contributed by atoms with E-state index in [1.165, 1.54) is 0 Å². The Morgan fingerprint density at radius 2 is 2.20 bits per heavy atom. The molecule has 30 heavy (non-hydrogen) atoms. The molecule has 3 N–H and O–H groups in total. The number of pyridine rings is 1. The van der Waals surface area contributed by atoms with Gasteiger partial charge in [-0.05, 0) is 66.7 Å². The summed E-state index contributed by atoms with van der Waals surface area (Å²) in [6, 6.07) is 7.55. The summed E-state index contributed by atoms with van der Waals surface area (Å²) in [5.74, 6) is 0.516. The van der Waals surface area contributed by atoms with Gasteiger partial charge in [-0.1, -0.05) is 26.5 Å². The number of fused-ring (bicyclic) bond motifs is 1. The van der Waals surface area contributed by atoms with Crippen molar-refractivity contribution >= 4 is 17.0 Å². The molecule has 0 bridgehead atoms. The van der Waals surface area contributed by atoms with Crippen molar-refractivity contribution in [2.24, 2.45) is 11.7 Å². The lowest BCUT2D eigenvalue weighted by atomic mass is 9.95. The van der Waals surface area contributed by atoms with Gasteiger partial charge in [-0.3, -0.25) is 4.98 Å². The van der Waals surface area contributed by atoms with Crippen LogP contribution in [0.25, 0.3) is 11.3 Å². The van der Waals surface area contributed by atoms with Crippen LogP contribution in [-0.4, -0.2) is 29.0 Å². The molecule has 3 atom stereocenters. The number of nitrogens with zero attached hydrogens (tertiary/aromatic N) is 2. The van der Waals surface area contributed by atoms with Crippen LogP contribution in [0, 0.1) is 11.7 Å². The van der Waals surface area contributed by atoms with E-state index in [9.17, 15) is 4.39 Å². The summed E-state index contributed by atoms with van der Waals surface area (Å²) in [6.07, 6.45) is 5.93. The van der Waals surface area contributed by atoms with Gasteiger partial charge in [0.2, 0.25) is 0 Å². The van der Waals surface area contributed by atoms with Gasteiger partial charge in [-0.2, -0.15) is 0 Å². The summed E-state index contributed by atoms with van der Waals surface area (Å²) >= 11 is 0. The van der Waals surface area contributed by atoms with E-state index < -0.39 is 0 Å². The van der Waals surface area contributed by atoms with E-state index in [2.05, 4.69) is 40.8 Å². The molecule has 1 fully saturated rings. The summed E-state index contributed by atoms with van der Waals surface area (Å²) in [5.41, 5.74) is 12.4. The molecule has 0 aliphatic carbocycles. The predicted molar refractivity (Wildman–Crippen MR) is 122 cm³/mol. The molecule has 0 radical (unpaired) electrons. The molecule has 0 saturated carbocycles. The normalized spacial score (nSPS) is 21.6. The van der Waals surface area contributed by atoms with Crippen LogP contribution in [0.4, 0.5) is 10.1 Å². The van der Waals surface area contributed by atoms with Crippen LogP contribution in [0.5, 0.6) is 0 Å². The van der Waals surface area contributed by atoms with Gasteiger partial charge in [0, 0.05) is 42.3 Å². The smallest absolute Gasteiger partial charge is 0.127 e. The van der Waals surface area contributed by atoms with Crippen molar-refractivity contribution in [3.63, 3.8) is 0 Å². The highest BCUT2D eigenvalue weighted by molar-refractivity contribution is 5.80. The minimum absolute atomic E-state index is 0.0244. The van der Waals surface area contributed by atoms with Gasteiger partial charge < -0.3 is 16.0 Å². The molecule has 3 heterocycles. The van der Waals surface area contributed by atoms with Crippen LogP contribution >= 0.6 is 0 Å². The van der Waals surface area contributed by atoms with Crippen LogP contribution in [0.1, 0.15) is 55.6 Å². The first kappa shape index (κ1) is 20.6. The maximum Gasteiger partial charge on any atom is 0.127 e. The topological polar surface area (TPSA) is 54.2 Å². The molecule has 2 aromatic rings. The van der Waals surface area contributed by atoms with Crippen molar-refractivity contribution < 1.29 is 4.39 Å². The zero-order chi connectivity index (χ0) is 21.4. The Hall–Kier alpha value is -2.66. The van der Waals surface area contributed by atoms with E-state index in [1.807, 2.05) is 32.2 Å². The van der Waals surface area contributed by atoms with E-state index >= 15 is 0 Å². The molecule has 4 rings (SSSR count). The van der Waals surface area contributed by atoms with Crippen molar-refractivity contribution in [1.82, 2.24) is 9.88 Å². The third-order valence-electron chi connectivity index (χ3n) is 6.27. The number of rotatable bonds is 5. The Labute approximate surface area is 178 Å². The quantitative estimate of drug-likeness (QED) is 0.734. The van der Waals surface area contributed by atoms with Gasteiger partial charge >= 0.3 is 0 Å². The Balaban J connectivity index is 1.72. The number of likely N-dealkylation sites (tertiary alicyclic amines) is 1. The Kier molecular flexibility index (Phi) is 5.65. The second kappa shape index (κ2) is 8.23. The number of hydrogen-bond acceptors (Lipinski definition) is 4. The van der Waals surface area contributed by atoms with E-state index in [4.69, 9.17) is 5.73 Å². The number of aryl methyl sites for hydroxylation is 1. The maximum absolute atomic E-state index is 14.6. The molecular weight excluding hydrogens is 375 g/mol. The minimum atomic E-state index is -0.131. The number of nitrogens with two attached hydrogens (primary N) is 1. The van der Waals surface area contributed by atoms with E-state index in [1.54, 1.807) is 6.07 Å². The number of hydrogen-bond donors (Lipinski definition) is 2. The predicted octanol–water partition coefficient (Wildman–Crippen LogP) is 4.99. The van der Waals surface area contributed by atoms with E-state index in [0.29, 0.717) is 12.3 Å². The summed E-state index contributed by atoms with van der Waals surface area (Å²) in [6.45, 7) is 12.2. The first-order chi connectivity index (χ1) is 14.4. The maximum atomic E-state index is 14.6. The molecule has 0 spiro atoms. The molecule has 0 amide bonds. The molecule has 1 aromatic heterocycles. The number of anilines is 1. The van der Waals surface area contributed by atoms with Gasteiger partial charge in [-0.15, -0.1) is 0 Å². The van der Waals surface area contributed by atoms with Crippen molar-refractivity contribution in [2.75, 3.05) is 18.4 Å². The number of benzene rings is 1. The largest absolute Gasteiger partial charge is 0.374 e. The second-order valence-corrected chi connectivity index (χ2v) is 8.65. The van der Waals surface area contributed by atoms with Crippen LogP contribution in [0.2, 0.25) is 0 Å². The summed E-state index contributed by atoms with van der Waals surface area (Å²) < 4.78 is 14.6. The SMILES string of the molecule is C=C(c1ccc(C2C=C(N3CCC(C)C3)c3cc(F)c(CC)cc3N2)cn1)C(C)N. The van der Waals surface area contributed by atoms with Gasteiger partial charge in [0.25, 0.3) is 0 Å². The third kappa shape index (κ3) is 3.86. The monoisotopic (exact) mass is 406 g/mol. The summed E-state index contributed by atoms with van der Waals surface area (Å²) in [5, 5.41) is 3.59. The molecular formula is C25H31FN4. The first-order valence-corrected chi connectivity index (χ1v) is 10.8. The van der Waals surface area contributed by atoms with Gasteiger partial charge in [0.05, 0.1) is 11.7 Å². The van der Waals surface area contributed by atoms with E-state index in [-0.39, 0.29) is 17.9 Å². The Morgan fingerprint density at radius 3 is 2.80 bits per heavy atom. The average Bonchev–Trinajstić information content (AvgIpc) is 3.18. The van der Waals surface area contributed by atoms with E-state index in [0.717, 1.165) is 58.9 Å². The van der Waals surface area contributed by atoms with Gasteiger partial charge in [0.1, 0.15) is 5.82 Å². The molecule has 2 aliphatic rings. The molecule has 4 nitrogen and oxygen atoms in total. The third-order valence-corrected chi connectivity index (χ3v) is 6.27. The highest BCUT2D eigenvalue weighted by Gasteiger charge is 2.28. The van der Waals surface area contributed by atoms with Crippen LogP contribution in [0.15, 0.2) is 43.1 Å². The van der Waals surface area contributed by atoms with Crippen LogP contribution < -0.4 is 11.1 Å².